The number of hydrogen-bond acceptors (Lipinski definition) is 3. The van der Waals surface area contributed by atoms with Crippen molar-refractivity contribution in [2.45, 2.75) is 31.9 Å². The maximum absolute atomic E-state index is 12.8. The van der Waals surface area contributed by atoms with E-state index in [0.29, 0.717) is 19.4 Å². The summed E-state index contributed by atoms with van der Waals surface area (Å²) in [5, 5.41) is 2.99. The number of sulfonamides is 1. The van der Waals surface area contributed by atoms with Crippen LogP contribution in [0.1, 0.15) is 30.9 Å². The number of piperidine rings is 1. The molecule has 1 aliphatic heterocycles. The molecule has 1 atom stereocenters. The minimum absolute atomic E-state index is 0.0269. The molecule has 5 nitrogen and oxygen atoms in total. The van der Waals surface area contributed by atoms with Gasteiger partial charge in [0.1, 0.15) is 0 Å². The van der Waals surface area contributed by atoms with Crippen LogP contribution in [0.15, 0.2) is 54.6 Å². The second kappa shape index (κ2) is 8.67. The van der Waals surface area contributed by atoms with Gasteiger partial charge in [0.05, 0.1) is 11.7 Å². The zero-order valence-corrected chi connectivity index (χ0v) is 16.4. The van der Waals surface area contributed by atoms with Crippen molar-refractivity contribution < 1.29 is 13.2 Å². The number of anilines is 1. The number of nitrogens with one attached hydrogen (secondary N) is 1. The number of hydrogen-bond donors (Lipinski definition) is 1. The number of carbonyl (C=O) groups excluding carboxylic acids is 1. The summed E-state index contributed by atoms with van der Waals surface area (Å²) in [5.41, 5.74) is 2.66. The van der Waals surface area contributed by atoms with Gasteiger partial charge in [0.15, 0.2) is 0 Å². The molecular weight excluding hydrogens is 360 g/mol. The van der Waals surface area contributed by atoms with Gasteiger partial charge in [-0.15, -0.1) is 0 Å². The van der Waals surface area contributed by atoms with Crippen LogP contribution in [0.4, 0.5) is 5.69 Å². The van der Waals surface area contributed by atoms with Gasteiger partial charge in [-0.1, -0.05) is 55.5 Å². The molecule has 0 saturated carbocycles. The van der Waals surface area contributed by atoms with E-state index in [4.69, 9.17) is 0 Å². The third-order valence-electron chi connectivity index (χ3n) is 5.00. The van der Waals surface area contributed by atoms with Gasteiger partial charge < -0.3 is 5.32 Å². The Balaban J connectivity index is 1.67. The molecule has 27 heavy (non-hydrogen) atoms. The molecule has 2 aromatic rings. The lowest BCUT2D eigenvalue weighted by atomic mass is 9.98. The number of para-hydroxylation sites is 1. The molecule has 1 N–H and O–H groups in total. The third kappa shape index (κ3) is 4.96. The van der Waals surface area contributed by atoms with E-state index in [1.165, 1.54) is 4.31 Å². The summed E-state index contributed by atoms with van der Waals surface area (Å²) in [7, 11) is -3.44. The molecule has 1 heterocycles. The van der Waals surface area contributed by atoms with E-state index in [0.717, 1.165) is 23.2 Å². The van der Waals surface area contributed by atoms with Crippen molar-refractivity contribution in [2.24, 2.45) is 5.92 Å². The highest BCUT2D eigenvalue weighted by molar-refractivity contribution is 7.88. The van der Waals surface area contributed by atoms with E-state index in [1.54, 1.807) is 0 Å². The Kier molecular flexibility index (Phi) is 6.29. The number of carbonyl (C=O) groups is 1. The predicted octanol–water partition coefficient (Wildman–Crippen LogP) is 3.43. The van der Waals surface area contributed by atoms with Crippen LogP contribution in [-0.2, 0) is 27.0 Å². The molecule has 1 aliphatic rings. The van der Waals surface area contributed by atoms with Crippen LogP contribution in [0.25, 0.3) is 0 Å². The molecule has 0 bridgehead atoms. The summed E-state index contributed by atoms with van der Waals surface area (Å²) < 4.78 is 27.0. The summed E-state index contributed by atoms with van der Waals surface area (Å²) in [5.74, 6) is -0.453. The van der Waals surface area contributed by atoms with Crippen LogP contribution in [0.5, 0.6) is 0 Å². The number of rotatable bonds is 6. The Labute approximate surface area is 161 Å². The first kappa shape index (κ1) is 19.6. The fraction of sp³-hybridized carbons (Fsp3) is 0.381. The van der Waals surface area contributed by atoms with Crippen LogP contribution < -0.4 is 5.32 Å². The minimum Gasteiger partial charge on any atom is -0.326 e. The van der Waals surface area contributed by atoms with E-state index in [2.05, 4.69) is 5.32 Å². The van der Waals surface area contributed by atoms with Crippen molar-refractivity contribution in [2.75, 3.05) is 18.4 Å². The Morgan fingerprint density at radius 2 is 1.81 bits per heavy atom. The first-order valence-corrected chi connectivity index (χ1v) is 11.0. The average Bonchev–Trinajstić information content (AvgIpc) is 2.69. The van der Waals surface area contributed by atoms with Crippen molar-refractivity contribution in [3.05, 3.63) is 65.7 Å². The first-order valence-electron chi connectivity index (χ1n) is 9.40. The second-order valence-electron chi connectivity index (χ2n) is 6.94. The monoisotopic (exact) mass is 386 g/mol. The topological polar surface area (TPSA) is 66.5 Å². The van der Waals surface area contributed by atoms with Gasteiger partial charge in [-0.2, -0.15) is 0 Å². The molecule has 0 radical (unpaired) electrons. The number of aryl methyl sites for hydroxylation is 1. The summed E-state index contributed by atoms with van der Waals surface area (Å²) in [6.07, 6.45) is 2.23. The maximum atomic E-state index is 12.8. The van der Waals surface area contributed by atoms with Crippen LogP contribution >= 0.6 is 0 Å². The van der Waals surface area contributed by atoms with Crippen molar-refractivity contribution >= 4 is 21.6 Å². The zero-order chi connectivity index (χ0) is 19.3. The highest BCUT2D eigenvalue weighted by Gasteiger charge is 2.32. The van der Waals surface area contributed by atoms with Gasteiger partial charge in [0.25, 0.3) is 0 Å². The summed E-state index contributed by atoms with van der Waals surface area (Å²) >= 11 is 0. The van der Waals surface area contributed by atoms with E-state index < -0.39 is 10.0 Å². The van der Waals surface area contributed by atoms with Crippen LogP contribution in [-0.4, -0.2) is 31.7 Å². The SMILES string of the molecule is CCc1ccccc1NC(=O)[C@@H]1CCCN(S(=O)(=O)Cc2ccccc2)C1. The molecule has 1 amide bonds. The van der Waals surface area contributed by atoms with Gasteiger partial charge in [-0.3, -0.25) is 4.79 Å². The standard InChI is InChI=1S/C21H26N2O3S/c1-2-18-11-6-7-13-20(18)22-21(24)19-12-8-14-23(15-19)27(25,26)16-17-9-4-3-5-10-17/h3-7,9-11,13,19H,2,8,12,14-16H2,1H3,(H,22,24)/t19-/m1/s1. The van der Waals surface area contributed by atoms with Crippen LogP contribution in [0, 0.1) is 5.92 Å². The van der Waals surface area contributed by atoms with Gasteiger partial charge in [0.2, 0.25) is 15.9 Å². The lowest BCUT2D eigenvalue weighted by Crippen LogP contribution is -2.44. The van der Waals surface area contributed by atoms with Crippen molar-refractivity contribution in [1.29, 1.82) is 0 Å². The molecule has 0 aromatic heterocycles. The third-order valence-corrected chi connectivity index (χ3v) is 6.81. The predicted molar refractivity (Wildman–Crippen MR) is 108 cm³/mol. The molecule has 3 rings (SSSR count). The zero-order valence-electron chi connectivity index (χ0n) is 15.6. The van der Waals surface area contributed by atoms with Gasteiger partial charge in [-0.05, 0) is 36.5 Å². The Morgan fingerprint density at radius 1 is 1.11 bits per heavy atom. The van der Waals surface area contributed by atoms with Crippen molar-refractivity contribution in [3.63, 3.8) is 0 Å². The quantitative estimate of drug-likeness (QED) is 0.827. The lowest BCUT2D eigenvalue weighted by Gasteiger charge is -2.31. The fourth-order valence-electron chi connectivity index (χ4n) is 3.47. The molecule has 144 valence electrons. The fourth-order valence-corrected chi connectivity index (χ4v) is 5.08. The van der Waals surface area contributed by atoms with E-state index >= 15 is 0 Å². The van der Waals surface area contributed by atoms with Crippen LogP contribution in [0.3, 0.4) is 0 Å². The maximum Gasteiger partial charge on any atom is 0.228 e. The van der Waals surface area contributed by atoms with Gasteiger partial charge in [0, 0.05) is 18.8 Å². The van der Waals surface area contributed by atoms with Crippen LogP contribution in [0.2, 0.25) is 0 Å². The van der Waals surface area contributed by atoms with E-state index in [9.17, 15) is 13.2 Å². The highest BCUT2D eigenvalue weighted by Crippen LogP contribution is 2.24. The summed E-state index contributed by atoms with van der Waals surface area (Å²) in [4.78, 5) is 12.7. The average molecular weight is 387 g/mol. The molecule has 2 aromatic carbocycles. The Morgan fingerprint density at radius 3 is 2.56 bits per heavy atom. The second-order valence-corrected chi connectivity index (χ2v) is 8.91. The van der Waals surface area contributed by atoms with Crippen molar-refractivity contribution in [3.8, 4) is 0 Å². The normalized spacial score (nSPS) is 18.2. The van der Waals surface area contributed by atoms with E-state index in [-0.39, 0.29) is 24.1 Å². The lowest BCUT2D eigenvalue weighted by molar-refractivity contribution is -0.120. The number of amides is 1. The molecule has 1 saturated heterocycles. The summed E-state index contributed by atoms with van der Waals surface area (Å²) in [6, 6.07) is 16.9. The summed E-state index contributed by atoms with van der Waals surface area (Å²) in [6.45, 7) is 2.77. The minimum atomic E-state index is -3.44. The number of benzene rings is 2. The van der Waals surface area contributed by atoms with E-state index in [1.807, 2.05) is 61.5 Å². The van der Waals surface area contributed by atoms with Gasteiger partial charge >= 0.3 is 0 Å². The Bertz CT molecular complexity index is 881. The first-order chi connectivity index (χ1) is 13.0. The molecular formula is C21H26N2O3S. The Hall–Kier alpha value is -2.18. The molecule has 0 aliphatic carbocycles. The molecule has 0 unspecified atom stereocenters. The smallest absolute Gasteiger partial charge is 0.228 e. The van der Waals surface area contributed by atoms with Crippen molar-refractivity contribution in [1.82, 2.24) is 4.31 Å². The molecule has 0 spiro atoms. The molecule has 6 heteroatoms. The number of nitrogens with zero attached hydrogens (tertiary/aromatic N) is 1. The largest absolute Gasteiger partial charge is 0.326 e. The molecule has 1 fully saturated rings. The van der Waals surface area contributed by atoms with Gasteiger partial charge in [-0.25, -0.2) is 12.7 Å². The highest BCUT2D eigenvalue weighted by atomic mass is 32.2.